The van der Waals surface area contributed by atoms with E-state index in [1.807, 2.05) is 24.3 Å². The highest BCUT2D eigenvalue weighted by Gasteiger charge is 2.15. The molecule has 1 aliphatic heterocycles. The first-order chi connectivity index (χ1) is 10.2. The maximum atomic E-state index is 11.7. The number of carbonyl (C=O) groups excluding carboxylic acids is 1. The van der Waals surface area contributed by atoms with Gasteiger partial charge in [0, 0.05) is 13.0 Å². The molecule has 1 unspecified atom stereocenters. The van der Waals surface area contributed by atoms with Crippen LogP contribution in [0.1, 0.15) is 31.2 Å². The summed E-state index contributed by atoms with van der Waals surface area (Å²) in [5.41, 5.74) is 1.23. The van der Waals surface area contributed by atoms with Crippen LogP contribution >= 0.6 is 12.4 Å². The van der Waals surface area contributed by atoms with Crippen LogP contribution in [0.5, 0.6) is 5.75 Å². The van der Waals surface area contributed by atoms with Crippen LogP contribution < -0.4 is 15.4 Å². The summed E-state index contributed by atoms with van der Waals surface area (Å²) in [5, 5.41) is 6.29. The Morgan fingerprint density at radius 2 is 2.14 bits per heavy atom. The number of amides is 1. The first-order valence-corrected chi connectivity index (χ1v) is 7.91. The average molecular weight is 327 g/mol. The van der Waals surface area contributed by atoms with Crippen molar-refractivity contribution in [2.75, 3.05) is 26.2 Å². The van der Waals surface area contributed by atoms with Crippen LogP contribution in [0.15, 0.2) is 24.3 Å². The number of aryl methyl sites for hydroxylation is 1. The molecule has 1 heterocycles. The van der Waals surface area contributed by atoms with E-state index in [1.165, 1.54) is 12.0 Å². The molecule has 124 valence electrons. The minimum absolute atomic E-state index is 0. The van der Waals surface area contributed by atoms with Gasteiger partial charge in [-0.25, -0.2) is 0 Å². The monoisotopic (exact) mass is 326 g/mol. The second-order valence-electron chi connectivity index (χ2n) is 5.76. The summed E-state index contributed by atoms with van der Waals surface area (Å²) < 4.78 is 5.62. The third kappa shape index (κ3) is 7.14. The number of nitrogens with one attached hydrogen (secondary N) is 2. The van der Waals surface area contributed by atoms with Crippen LogP contribution in [0.3, 0.4) is 0 Å². The van der Waals surface area contributed by atoms with Crippen molar-refractivity contribution in [1.29, 1.82) is 0 Å². The van der Waals surface area contributed by atoms with Crippen molar-refractivity contribution in [3.05, 3.63) is 29.8 Å². The predicted molar refractivity (Wildman–Crippen MR) is 91.8 cm³/mol. The molecule has 1 aromatic rings. The third-order valence-corrected chi connectivity index (χ3v) is 3.88. The number of halogens is 1. The minimum atomic E-state index is 0. The van der Waals surface area contributed by atoms with E-state index in [4.69, 9.17) is 4.74 Å². The van der Waals surface area contributed by atoms with Crippen molar-refractivity contribution < 1.29 is 9.53 Å². The quantitative estimate of drug-likeness (QED) is 0.722. The molecule has 2 rings (SSSR count). The summed E-state index contributed by atoms with van der Waals surface area (Å²) in [6.45, 7) is 5.55. The molecule has 1 aromatic carbocycles. The highest BCUT2D eigenvalue weighted by atomic mass is 35.5. The van der Waals surface area contributed by atoms with E-state index in [2.05, 4.69) is 17.6 Å². The van der Waals surface area contributed by atoms with E-state index in [9.17, 15) is 4.79 Å². The molecule has 0 bridgehead atoms. The Morgan fingerprint density at radius 1 is 1.36 bits per heavy atom. The van der Waals surface area contributed by atoms with E-state index >= 15 is 0 Å². The van der Waals surface area contributed by atoms with Gasteiger partial charge in [-0.3, -0.25) is 4.79 Å². The molecule has 2 N–H and O–H groups in total. The first kappa shape index (κ1) is 18.8. The number of rotatable bonds is 8. The molecule has 1 atom stereocenters. The largest absolute Gasteiger partial charge is 0.494 e. The van der Waals surface area contributed by atoms with Crippen LogP contribution in [0, 0.1) is 12.8 Å². The highest BCUT2D eigenvalue weighted by molar-refractivity contribution is 5.85. The Hall–Kier alpha value is -1.26. The normalized spacial score (nSPS) is 16.9. The molecule has 0 spiro atoms. The SMILES string of the molecule is Cc1ccc(OCCCNC(=O)CCC2CCNC2)cc1.Cl. The molecule has 4 nitrogen and oxygen atoms in total. The van der Waals surface area contributed by atoms with Crippen LogP contribution in [0.25, 0.3) is 0 Å². The lowest BCUT2D eigenvalue weighted by Gasteiger charge is -2.09. The van der Waals surface area contributed by atoms with Crippen molar-refractivity contribution in [3.8, 4) is 5.75 Å². The summed E-state index contributed by atoms with van der Waals surface area (Å²) in [6, 6.07) is 8.02. The van der Waals surface area contributed by atoms with Crippen molar-refractivity contribution in [2.24, 2.45) is 5.92 Å². The molecular weight excluding hydrogens is 300 g/mol. The molecule has 1 saturated heterocycles. The summed E-state index contributed by atoms with van der Waals surface area (Å²) in [5.74, 6) is 1.73. The van der Waals surface area contributed by atoms with E-state index in [1.54, 1.807) is 0 Å². The molecule has 1 fully saturated rings. The van der Waals surface area contributed by atoms with Crippen molar-refractivity contribution >= 4 is 18.3 Å². The summed E-state index contributed by atoms with van der Waals surface area (Å²) >= 11 is 0. The van der Waals surface area contributed by atoms with Gasteiger partial charge in [-0.1, -0.05) is 17.7 Å². The molecule has 0 radical (unpaired) electrons. The molecule has 0 aliphatic carbocycles. The number of carbonyl (C=O) groups is 1. The molecule has 22 heavy (non-hydrogen) atoms. The zero-order valence-electron chi connectivity index (χ0n) is 13.3. The van der Waals surface area contributed by atoms with Crippen molar-refractivity contribution in [2.45, 2.75) is 32.6 Å². The number of ether oxygens (including phenoxy) is 1. The predicted octanol–water partition coefficient (Wildman–Crippen LogP) is 2.69. The van der Waals surface area contributed by atoms with Crippen molar-refractivity contribution in [3.63, 3.8) is 0 Å². The summed E-state index contributed by atoms with van der Waals surface area (Å²) in [7, 11) is 0. The van der Waals surface area contributed by atoms with E-state index in [0.29, 0.717) is 25.5 Å². The fraction of sp³-hybridized carbons (Fsp3) is 0.588. The zero-order chi connectivity index (χ0) is 14.9. The molecule has 1 amide bonds. The standard InChI is InChI=1S/C17H26N2O2.ClH/c1-14-3-6-16(7-4-14)21-12-2-10-19-17(20)8-5-15-9-11-18-13-15;/h3-4,6-7,15,18H,2,5,8-13H2,1H3,(H,19,20);1H. The second-order valence-corrected chi connectivity index (χ2v) is 5.76. The molecule has 5 heteroatoms. The van der Waals surface area contributed by atoms with Crippen LogP contribution in [0.4, 0.5) is 0 Å². The van der Waals surface area contributed by atoms with Gasteiger partial charge in [0.2, 0.25) is 5.91 Å². The first-order valence-electron chi connectivity index (χ1n) is 7.91. The average Bonchev–Trinajstić information content (AvgIpc) is 3.00. The van der Waals surface area contributed by atoms with Crippen molar-refractivity contribution in [1.82, 2.24) is 10.6 Å². The van der Waals surface area contributed by atoms with Gasteiger partial charge < -0.3 is 15.4 Å². The third-order valence-electron chi connectivity index (χ3n) is 3.88. The zero-order valence-corrected chi connectivity index (χ0v) is 14.1. The van der Waals surface area contributed by atoms with E-state index in [0.717, 1.165) is 31.7 Å². The van der Waals surface area contributed by atoms with Gasteiger partial charge in [0.05, 0.1) is 6.61 Å². The van der Waals surface area contributed by atoms with Gasteiger partial charge in [-0.2, -0.15) is 0 Å². The number of hydrogen-bond donors (Lipinski definition) is 2. The summed E-state index contributed by atoms with van der Waals surface area (Å²) in [6.07, 6.45) is 3.69. The topological polar surface area (TPSA) is 50.4 Å². The Bertz CT molecular complexity index is 431. The highest BCUT2D eigenvalue weighted by Crippen LogP contribution is 2.14. The molecule has 0 aromatic heterocycles. The summed E-state index contributed by atoms with van der Waals surface area (Å²) in [4.78, 5) is 11.7. The van der Waals surface area contributed by atoms with Crippen LogP contribution in [-0.2, 0) is 4.79 Å². The van der Waals surface area contributed by atoms with Gasteiger partial charge in [-0.05, 0) is 57.3 Å². The Morgan fingerprint density at radius 3 is 2.82 bits per heavy atom. The number of benzene rings is 1. The lowest BCUT2D eigenvalue weighted by Crippen LogP contribution is -2.26. The molecule has 1 aliphatic rings. The Kier molecular flexibility index (Phi) is 8.94. The smallest absolute Gasteiger partial charge is 0.220 e. The Labute approximate surface area is 139 Å². The lowest BCUT2D eigenvalue weighted by molar-refractivity contribution is -0.121. The van der Waals surface area contributed by atoms with Crippen LogP contribution in [0.2, 0.25) is 0 Å². The molecular formula is C17H27ClN2O2. The minimum Gasteiger partial charge on any atom is -0.494 e. The van der Waals surface area contributed by atoms with Gasteiger partial charge in [-0.15, -0.1) is 12.4 Å². The lowest BCUT2D eigenvalue weighted by atomic mass is 10.0. The fourth-order valence-electron chi connectivity index (χ4n) is 2.51. The van der Waals surface area contributed by atoms with E-state index < -0.39 is 0 Å². The van der Waals surface area contributed by atoms with Gasteiger partial charge >= 0.3 is 0 Å². The van der Waals surface area contributed by atoms with Crippen LogP contribution in [-0.4, -0.2) is 32.1 Å². The van der Waals surface area contributed by atoms with Gasteiger partial charge in [0.25, 0.3) is 0 Å². The fourth-order valence-corrected chi connectivity index (χ4v) is 2.51. The maximum Gasteiger partial charge on any atom is 0.220 e. The molecule has 0 saturated carbocycles. The maximum absolute atomic E-state index is 11.7. The second kappa shape index (κ2) is 10.5. The Balaban J connectivity index is 0.00000242. The van der Waals surface area contributed by atoms with Gasteiger partial charge in [0.15, 0.2) is 0 Å². The van der Waals surface area contributed by atoms with E-state index in [-0.39, 0.29) is 18.3 Å². The number of hydrogen-bond acceptors (Lipinski definition) is 3. The van der Waals surface area contributed by atoms with Gasteiger partial charge in [0.1, 0.15) is 5.75 Å².